The largest absolute Gasteiger partial charge is 0.419 e. The normalized spacial score (nSPS) is 22.9. The molecule has 7 nitrogen and oxygen atoms in total. The molecule has 0 saturated carbocycles. The summed E-state index contributed by atoms with van der Waals surface area (Å²) in [4.78, 5) is 25.9. The maximum atomic E-state index is 12.0. The molecule has 25 heavy (non-hydrogen) atoms. The number of benzene rings is 1. The Balaban J connectivity index is 1.68. The minimum atomic E-state index is -1.23. The van der Waals surface area contributed by atoms with Gasteiger partial charge in [-0.15, -0.1) is 0 Å². The average Bonchev–Trinajstić information content (AvgIpc) is 2.53. The topological polar surface area (TPSA) is 77.1 Å². The SMILES string of the molecule is CC1(C)OC(=O)C(=CN2CCOC(Nc3ccccc3I)C2)C(=O)O1. The smallest absolute Gasteiger partial charge is 0.350 e. The van der Waals surface area contributed by atoms with Crippen LogP contribution in [0.1, 0.15) is 13.8 Å². The number of anilines is 1. The molecule has 2 saturated heterocycles. The van der Waals surface area contributed by atoms with Crippen molar-refractivity contribution >= 4 is 40.2 Å². The van der Waals surface area contributed by atoms with E-state index in [1.165, 1.54) is 20.0 Å². The summed E-state index contributed by atoms with van der Waals surface area (Å²) < 4.78 is 17.0. The van der Waals surface area contributed by atoms with E-state index in [0.717, 1.165) is 9.26 Å². The van der Waals surface area contributed by atoms with E-state index in [1.807, 2.05) is 29.2 Å². The van der Waals surface area contributed by atoms with Crippen molar-refractivity contribution in [1.29, 1.82) is 0 Å². The highest BCUT2D eigenvalue weighted by molar-refractivity contribution is 14.1. The van der Waals surface area contributed by atoms with E-state index in [0.29, 0.717) is 19.7 Å². The van der Waals surface area contributed by atoms with E-state index in [-0.39, 0.29) is 11.8 Å². The van der Waals surface area contributed by atoms with Crippen LogP contribution < -0.4 is 5.32 Å². The lowest BCUT2D eigenvalue weighted by atomic mass is 10.2. The van der Waals surface area contributed by atoms with Crippen molar-refractivity contribution in [2.24, 2.45) is 0 Å². The van der Waals surface area contributed by atoms with Gasteiger partial charge in [-0.2, -0.15) is 0 Å². The first kappa shape index (κ1) is 18.0. The van der Waals surface area contributed by atoms with Gasteiger partial charge >= 0.3 is 11.9 Å². The molecule has 0 aliphatic carbocycles. The zero-order chi connectivity index (χ0) is 18.0. The summed E-state index contributed by atoms with van der Waals surface area (Å²) in [7, 11) is 0. The zero-order valence-electron chi connectivity index (χ0n) is 14.0. The van der Waals surface area contributed by atoms with E-state index in [2.05, 4.69) is 27.9 Å². The van der Waals surface area contributed by atoms with Crippen molar-refractivity contribution in [2.75, 3.05) is 25.0 Å². The summed E-state index contributed by atoms with van der Waals surface area (Å²) in [6.07, 6.45) is 1.24. The van der Waals surface area contributed by atoms with Gasteiger partial charge in [0.2, 0.25) is 0 Å². The molecule has 1 aromatic carbocycles. The predicted molar refractivity (Wildman–Crippen MR) is 98.4 cm³/mol. The van der Waals surface area contributed by atoms with Gasteiger partial charge in [-0.05, 0) is 34.7 Å². The fourth-order valence-electron chi connectivity index (χ4n) is 2.57. The monoisotopic (exact) mass is 458 g/mol. The Labute approximate surface area is 159 Å². The van der Waals surface area contributed by atoms with Crippen molar-refractivity contribution in [1.82, 2.24) is 4.90 Å². The maximum absolute atomic E-state index is 12.0. The second-order valence-electron chi connectivity index (χ2n) is 6.20. The summed E-state index contributed by atoms with van der Waals surface area (Å²) in [6.45, 7) is 4.57. The number of nitrogens with one attached hydrogen (secondary N) is 1. The standard InChI is InChI=1S/C17H19IN2O5/c1-17(2)24-15(21)11(16(22)25-17)9-20-7-8-23-14(10-20)19-13-6-4-3-5-12(13)18/h3-6,9,14,19H,7-8,10H2,1-2H3. The summed E-state index contributed by atoms with van der Waals surface area (Å²) in [5, 5.41) is 3.32. The highest BCUT2D eigenvalue weighted by Gasteiger charge is 2.39. The van der Waals surface area contributed by atoms with Crippen LogP contribution in [0.4, 0.5) is 5.69 Å². The minimum Gasteiger partial charge on any atom is -0.419 e. The number of esters is 2. The number of ether oxygens (including phenoxy) is 3. The zero-order valence-corrected chi connectivity index (χ0v) is 16.1. The van der Waals surface area contributed by atoms with Gasteiger partial charge < -0.3 is 24.4 Å². The molecule has 1 aromatic rings. The Morgan fingerprint density at radius 2 is 1.92 bits per heavy atom. The second-order valence-corrected chi connectivity index (χ2v) is 7.36. The molecule has 1 unspecified atom stereocenters. The predicted octanol–water partition coefficient (Wildman–Crippen LogP) is 2.08. The molecule has 0 amide bonds. The highest BCUT2D eigenvalue weighted by atomic mass is 127. The Hall–Kier alpha value is -1.81. The van der Waals surface area contributed by atoms with Crippen molar-refractivity contribution in [3.8, 4) is 0 Å². The number of hydrogen-bond acceptors (Lipinski definition) is 7. The number of halogens is 1. The number of hydrogen-bond donors (Lipinski definition) is 1. The molecule has 2 heterocycles. The molecule has 0 aromatic heterocycles. The third kappa shape index (κ3) is 4.43. The molecule has 2 aliphatic heterocycles. The van der Waals surface area contributed by atoms with Gasteiger partial charge in [0, 0.05) is 35.8 Å². The number of cyclic esters (lactones) is 2. The molecule has 1 atom stereocenters. The summed E-state index contributed by atoms with van der Waals surface area (Å²) in [5.41, 5.74) is 0.870. The van der Waals surface area contributed by atoms with Crippen LogP contribution in [0.3, 0.4) is 0 Å². The van der Waals surface area contributed by atoms with E-state index in [1.54, 1.807) is 0 Å². The molecular formula is C17H19IN2O5. The quantitative estimate of drug-likeness (QED) is 0.322. The first-order valence-corrected chi connectivity index (χ1v) is 8.97. The van der Waals surface area contributed by atoms with Crippen LogP contribution >= 0.6 is 22.6 Å². The van der Waals surface area contributed by atoms with Gasteiger partial charge in [0.15, 0.2) is 5.57 Å². The van der Waals surface area contributed by atoms with Gasteiger partial charge in [-0.1, -0.05) is 12.1 Å². The third-order valence-corrected chi connectivity index (χ3v) is 4.66. The van der Waals surface area contributed by atoms with Gasteiger partial charge in [-0.25, -0.2) is 9.59 Å². The Kier molecular flexibility index (Phi) is 5.19. The van der Waals surface area contributed by atoms with Crippen molar-refractivity contribution in [3.05, 3.63) is 39.6 Å². The molecule has 0 bridgehead atoms. The van der Waals surface area contributed by atoms with Crippen LogP contribution in [0.2, 0.25) is 0 Å². The Bertz CT molecular complexity index is 697. The number of carbonyl (C=O) groups is 2. The molecule has 2 aliphatic rings. The van der Waals surface area contributed by atoms with E-state index in [9.17, 15) is 9.59 Å². The van der Waals surface area contributed by atoms with Crippen LogP contribution in [-0.4, -0.2) is 48.5 Å². The van der Waals surface area contributed by atoms with Crippen LogP contribution in [0.25, 0.3) is 0 Å². The van der Waals surface area contributed by atoms with Gasteiger partial charge in [0.25, 0.3) is 5.79 Å². The molecule has 134 valence electrons. The fourth-order valence-corrected chi connectivity index (χ4v) is 3.12. The van der Waals surface area contributed by atoms with E-state index >= 15 is 0 Å². The number of nitrogens with zero attached hydrogens (tertiary/aromatic N) is 1. The second kappa shape index (κ2) is 7.20. The van der Waals surface area contributed by atoms with E-state index in [4.69, 9.17) is 14.2 Å². The van der Waals surface area contributed by atoms with Crippen molar-refractivity contribution in [3.63, 3.8) is 0 Å². The van der Waals surface area contributed by atoms with Crippen molar-refractivity contribution in [2.45, 2.75) is 25.9 Å². The molecule has 0 spiro atoms. The number of para-hydroxylation sites is 1. The summed E-state index contributed by atoms with van der Waals surface area (Å²) in [5.74, 6) is -2.57. The van der Waals surface area contributed by atoms with E-state index < -0.39 is 17.7 Å². The van der Waals surface area contributed by atoms with Crippen LogP contribution in [0.15, 0.2) is 36.0 Å². The lowest BCUT2D eigenvalue weighted by molar-refractivity contribution is -0.222. The number of morpholine rings is 1. The first-order valence-electron chi connectivity index (χ1n) is 7.89. The molecule has 8 heteroatoms. The van der Waals surface area contributed by atoms with Crippen LogP contribution in [-0.2, 0) is 23.8 Å². The Morgan fingerprint density at radius 1 is 1.24 bits per heavy atom. The summed E-state index contributed by atoms with van der Waals surface area (Å²) in [6, 6.07) is 7.89. The molecular weight excluding hydrogens is 439 g/mol. The molecule has 1 N–H and O–H groups in total. The van der Waals surface area contributed by atoms with Crippen LogP contribution in [0, 0.1) is 3.57 Å². The summed E-state index contributed by atoms with van der Waals surface area (Å²) >= 11 is 2.25. The van der Waals surface area contributed by atoms with Gasteiger partial charge in [-0.3, -0.25) is 0 Å². The fraction of sp³-hybridized carbons (Fsp3) is 0.412. The lowest BCUT2D eigenvalue weighted by Crippen LogP contribution is -2.46. The van der Waals surface area contributed by atoms with Crippen molar-refractivity contribution < 1.29 is 23.8 Å². The Morgan fingerprint density at radius 3 is 2.60 bits per heavy atom. The highest BCUT2D eigenvalue weighted by Crippen LogP contribution is 2.24. The maximum Gasteiger partial charge on any atom is 0.350 e. The number of carbonyl (C=O) groups excluding carboxylic acids is 2. The minimum absolute atomic E-state index is 0.103. The van der Waals surface area contributed by atoms with Gasteiger partial charge in [0.05, 0.1) is 13.2 Å². The number of rotatable bonds is 3. The van der Waals surface area contributed by atoms with Crippen LogP contribution in [0.5, 0.6) is 0 Å². The average molecular weight is 458 g/mol. The third-order valence-electron chi connectivity index (χ3n) is 3.72. The molecule has 3 rings (SSSR count). The molecule has 0 radical (unpaired) electrons. The first-order chi connectivity index (χ1) is 11.8. The van der Waals surface area contributed by atoms with Gasteiger partial charge in [0.1, 0.15) is 6.23 Å². The lowest BCUT2D eigenvalue weighted by Gasteiger charge is -2.35. The molecule has 2 fully saturated rings.